The number of nitrogens with zero attached hydrogens (tertiary/aromatic N) is 5. The second-order valence-electron chi connectivity index (χ2n) is 8.83. The number of nitrogens with one attached hydrogen (secondary N) is 2. The van der Waals surface area contributed by atoms with E-state index in [0.29, 0.717) is 72.0 Å². The lowest BCUT2D eigenvalue weighted by atomic mass is 9.96. The van der Waals surface area contributed by atoms with Gasteiger partial charge in [0.15, 0.2) is 0 Å². The van der Waals surface area contributed by atoms with Crippen LogP contribution in [-0.2, 0) is 6.42 Å². The van der Waals surface area contributed by atoms with E-state index in [2.05, 4.69) is 33.9 Å². The molecule has 0 radical (unpaired) electrons. The highest BCUT2D eigenvalue weighted by atomic mass is 19.1. The van der Waals surface area contributed by atoms with Gasteiger partial charge in [0.25, 0.3) is 0 Å². The third-order valence-electron chi connectivity index (χ3n) is 6.23. The SMILES string of the molecule is C=CCNc1nc(Nc2ccc(-n3cnc(C)n3)c(OCC=C)c2)nc2c1CCC2c1ccc(F)cc1F. The van der Waals surface area contributed by atoms with Crippen molar-refractivity contribution < 1.29 is 13.5 Å². The lowest BCUT2D eigenvalue weighted by Crippen LogP contribution is -2.10. The predicted octanol–water partition coefficient (Wildman–Crippen LogP) is 5.63. The van der Waals surface area contributed by atoms with Crippen molar-refractivity contribution in [1.29, 1.82) is 0 Å². The quantitative estimate of drug-likeness (QED) is 0.265. The molecule has 0 saturated carbocycles. The van der Waals surface area contributed by atoms with Crippen LogP contribution in [0.3, 0.4) is 0 Å². The first-order valence-corrected chi connectivity index (χ1v) is 12.2. The van der Waals surface area contributed by atoms with Crippen molar-refractivity contribution in [2.24, 2.45) is 0 Å². The van der Waals surface area contributed by atoms with Gasteiger partial charge in [0, 0.05) is 35.8 Å². The number of anilines is 3. The minimum absolute atomic E-state index is 0.306. The molecule has 0 spiro atoms. The van der Waals surface area contributed by atoms with E-state index in [1.165, 1.54) is 12.1 Å². The Labute approximate surface area is 219 Å². The van der Waals surface area contributed by atoms with Crippen LogP contribution >= 0.6 is 0 Å². The smallest absolute Gasteiger partial charge is 0.229 e. The molecule has 0 aliphatic heterocycles. The summed E-state index contributed by atoms with van der Waals surface area (Å²) in [6.45, 7) is 10.1. The van der Waals surface area contributed by atoms with E-state index in [1.54, 1.807) is 23.2 Å². The number of rotatable bonds is 10. The lowest BCUT2D eigenvalue weighted by Gasteiger charge is -2.17. The van der Waals surface area contributed by atoms with E-state index < -0.39 is 11.6 Å². The summed E-state index contributed by atoms with van der Waals surface area (Å²) in [6.07, 6.45) is 6.33. The lowest BCUT2D eigenvalue weighted by molar-refractivity contribution is 0.361. The van der Waals surface area contributed by atoms with E-state index in [0.717, 1.165) is 11.6 Å². The van der Waals surface area contributed by atoms with Crippen molar-refractivity contribution in [2.45, 2.75) is 25.7 Å². The van der Waals surface area contributed by atoms with Gasteiger partial charge in [0.2, 0.25) is 5.95 Å². The number of hydrogen-bond acceptors (Lipinski definition) is 7. The van der Waals surface area contributed by atoms with Crippen LogP contribution in [0.4, 0.5) is 26.2 Å². The topological polar surface area (TPSA) is 89.8 Å². The first-order chi connectivity index (χ1) is 18.5. The van der Waals surface area contributed by atoms with Gasteiger partial charge in [0.05, 0.1) is 5.69 Å². The summed E-state index contributed by atoms with van der Waals surface area (Å²) in [5, 5.41) is 10.9. The van der Waals surface area contributed by atoms with E-state index in [1.807, 2.05) is 25.1 Å². The van der Waals surface area contributed by atoms with Gasteiger partial charge in [-0.05, 0) is 43.5 Å². The Kier molecular flexibility index (Phi) is 7.12. The molecule has 1 aliphatic rings. The molecule has 38 heavy (non-hydrogen) atoms. The summed E-state index contributed by atoms with van der Waals surface area (Å²) in [6, 6.07) is 9.21. The monoisotopic (exact) mass is 515 g/mol. The van der Waals surface area contributed by atoms with Gasteiger partial charge in [-0.25, -0.2) is 23.4 Å². The van der Waals surface area contributed by atoms with Crippen molar-refractivity contribution in [3.63, 3.8) is 0 Å². The fraction of sp³-hybridized carbons (Fsp3) is 0.214. The van der Waals surface area contributed by atoms with Crippen molar-refractivity contribution in [2.75, 3.05) is 23.8 Å². The highest BCUT2D eigenvalue weighted by Gasteiger charge is 2.31. The zero-order valence-electron chi connectivity index (χ0n) is 20.9. The third kappa shape index (κ3) is 5.10. The molecule has 10 heteroatoms. The van der Waals surface area contributed by atoms with Gasteiger partial charge in [-0.15, -0.1) is 6.58 Å². The summed E-state index contributed by atoms with van der Waals surface area (Å²) in [4.78, 5) is 13.7. The average molecular weight is 516 g/mol. The number of halogens is 2. The standard InChI is InChI=1S/C28H27F2N7O/c1-4-12-31-27-22-10-9-21(20-8-6-18(29)14-23(20)30)26(22)34-28(35-27)33-19-7-11-24(25(15-19)38-13-5-2)37-16-32-17(3)36-37/h4-8,11,14-16,21H,1-2,9-10,12-13H2,3H3,(H2,31,33,34,35). The van der Waals surface area contributed by atoms with Gasteiger partial charge in [-0.3, -0.25) is 0 Å². The Morgan fingerprint density at radius 3 is 2.74 bits per heavy atom. The molecule has 1 aliphatic carbocycles. The van der Waals surface area contributed by atoms with E-state index in [4.69, 9.17) is 14.7 Å². The molecule has 0 bridgehead atoms. The van der Waals surface area contributed by atoms with Crippen LogP contribution in [0.2, 0.25) is 0 Å². The maximum atomic E-state index is 14.7. The van der Waals surface area contributed by atoms with Crippen LogP contribution < -0.4 is 15.4 Å². The molecule has 0 saturated heterocycles. The van der Waals surface area contributed by atoms with Gasteiger partial charge in [-0.1, -0.05) is 24.8 Å². The maximum Gasteiger partial charge on any atom is 0.229 e. The van der Waals surface area contributed by atoms with Gasteiger partial charge in [0.1, 0.15) is 47.6 Å². The first kappa shape index (κ1) is 25.1. The maximum absolute atomic E-state index is 14.7. The van der Waals surface area contributed by atoms with Crippen LogP contribution in [0, 0.1) is 18.6 Å². The van der Waals surface area contributed by atoms with Crippen molar-refractivity contribution in [3.05, 3.63) is 102 Å². The fourth-order valence-electron chi connectivity index (χ4n) is 4.56. The van der Waals surface area contributed by atoms with E-state index in [9.17, 15) is 8.78 Å². The Balaban J connectivity index is 1.52. The molecule has 4 aromatic rings. The molecule has 8 nitrogen and oxygen atoms in total. The molecule has 0 fully saturated rings. The zero-order chi connectivity index (χ0) is 26.6. The molecule has 0 amide bonds. The zero-order valence-corrected chi connectivity index (χ0v) is 20.9. The van der Waals surface area contributed by atoms with Crippen molar-refractivity contribution in [3.8, 4) is 11.4 Å². The normalized spacial score (nSPS) is 14.1. The second kappa shape index (κ2) is 10.8. The molecule has 1 unspecified atom stereocenters. The number of hydrogen-bond donors (Lipinski definition) is 2. The largest absolute Gasteiger partial charge is 0.487 e. The number of ether oxygens (including phenoxy) is 1. The van der Waals surface area contributed by atoms with Crippen molar-refractivity contribution in [1.82, 2.24) is 24.7 Å². The van der Waals surface area contributed by atoms with Crippen LogP contribution in [0.1, 0.15) is 35.0 Å². The predicted molar refractivity (Wildman–Crippen MR) is 142 cm³/mol. The van der Waals surface area contributed by atoms with Gasteiger partial charge < -0.3 is 15.4 Å². The summed E-state index contributed by atoms with van der Waals surface area (Å²) < 4.78 is 35.8. The Hall–Kier alpha value is -4.60. The summed E-state index contributed by atoms with van der Waals surface area (Å²) >= 11 is 0. The average Bonchev–Trinajstić information content (AvgIpc) is 3.52. The third-order valence-corrected chi connectivity index (χ3v) is 6.23. The molecule has 2 heterocycles. The Morgan fingerprint density at radius 2 is 2.00 bits per heavy atom. The van der Waals surface area contributed by atoms with E-state index >= 15 is 0 Å². The Morgan fingerprint density at radius 1 is 1.13 bits per heavy atom. The molecule has 5 rings (SSSR count). The number of fused-ring (bicyclic) bond motifs is 1. The van der Waals surface area contributed by atoms with Crippen LogP contribution in [-0.4, -0.2) is 37.9 Å². The first-order valence-electron chi connectivity index (χ1n) is 12.2. The number of aryl methyl sites for hydroxylation is 1. The van der Waals surface area contributed by atoms with Crippen LogP contribution in [0.5, 0.6) is 5.75 Å². The number of benzene rings is 2. The molecular weight excluding hydrogens is 488 g/mol. The second-order valence-corrected chi connectivity index (χ2v) is 8.83. The number of aromatic nitrogens is 5. The molecule has 194 valence electrons. The summed E-state index contributed by atoms with van der Waals surface area (Å²) in [7, 11) is 0. The molecule has 2 aromatic carbocycles. The van der Waals surface area contributed by atoms with Gasteiger partial charge >= 0.3 is 0 Å². The fourth-order valence-corrected chi connectivity index (χ4v) is 4.56. The minimum Gasteiger partial charge on any atom is -0.487 e. The van der Waals surface area contributed by atoms with E-state index in [-0.39, 0.29) is 5.92 Å². The molecule has 1 atom stereocenters. The summed E-state index contributed by atoms with van der Waals surface area (Å²) in [5.74, 6) is 0.686. The highest BCUT2D eigenvalue weighted by Crippen LogP contribution is 2.41. The summed E-state index contributed by atoms with van der Waals surface area (Å²) in [5.41, 5.74) is 3.43. The molecular formula is C28H27F2N7O. The Bertz CT molecular complexity index is 1500. The molecule has 2 N–H and O–H groups in total. The van der Waals surface area contributed by atoms with Gasteiger partial charge in [-0.2, -0.15) is 10.1 Å². The minimum atomic E-state index is -0.609. The highest BCUT2D eigenvalue weighted by molar-refractivity contribution is 5.64. The van der Waals surface area contributed by atoms with Crippen molar-refractivity contribution >= 4 is 17.5 Å². The van der Waals surface area contributed by atoms with Crippen LogP contribution in [0.25, 0.3) is 5.69 Å². The molecule has 2 aromatic heterocycles. The van der Waals surface area contributed by atoms with Crippen LogP contribution in [0.15, 0.2) is 68.0 Å².